The van der Waals surface area contributed by atoms with Crippen LogP contribution in [0.25, 0.3) is 0 Å². The molecule has 3 aromatic carbocycles. The van der Waals surface area contributed by atoms with Gasteiger partial charge in [0.15, 0.2) is 6.61 Å². The first-order valence-corrected chi connectivity index (χ1v) is 12.1. The highest BCUT2D eigenvalue weighted by Crippen LogP contribution is 2.27. The third kappa shape index (κ3) is 5.67. The molecule has 0 atom stereocenters. The van der Waals surface area contributed by atoms with Crippen molar-refractivity contribution in [2.45, 2.75) is 11.8 Å². The molecule has 0 fully saturated rings. The van der Waals surface area contributed by atoms with Gasteiger partial charge in [0.2, 0.25) is 0 Å². The molecule has 0 heterocycles. The average molecular weight is 503 g/mol. The molecule has 0 aliphatic heterocycles. The molecule has 3 aromatic rings. The van der Waals surface area contributed by atoms with E-state index in [0.717, 1.165) is 6.07 Å². The zero-order chi connectivity index (χ0) is 24.7. The van der Waals surface area contributed by atoms with Crippen molar-refractivity contribution in [2.24, 2.45) is 0 Å². The van der Waals surface area contributed by atoms with Crippen LogP contribution in [-0.4, -0.2) is 40.6 Å². The third-order valence-corrected chi connectivity index (χ3v) is 7.02. The SMILES string of the molecule is CCN(c1ccccc1)S(=O)(=O)c1ccc(Cl)c(C(=O)OCC(=O)Nc2ccccc2OC)c1. The minimum Gasteiger partial charge on any atom is -0.495 e. The number of benzene rings is 3. The van der Waals surface area contributed by atoms with Gasteiger partial charge in [-0.3, -0.25) is 9.10 Å². The number of esters is 1. The van der Waals surface area contributed by atoms with Gasteiger partial charge >= 0.3 is 5.97 Å². The molecule has 178 valence electrons. The molecule has 8 nitrogen and oxygen atoms in total. The van der Waals surface area contributed by atoms with Crippen LogP contribution in [0.15, 0.2) is 77.7 Å². The van der Waals surface area contributed by atoms with E-state index in [2.05, 4.69) is 5.32 Å². The molecule has 0 bridgehead atoms. The summed E-state index contributed by atoms with van der Waals surface area (Å²) in [5.74, 6) is -1.08. The first-order chi connectivity index (χ1) is 16.3. The normalized spacial score (nSPS) is 10.9. The van der Waals surface area contributed by atoms with Crippen LogP contribution in [0.4, 0.5) is 11.4 Å². The number of anilines is 2. The highest BCUT2D eigenvalue weighted by molar-refractivity contribution is 7.92. The highest BCUT2D eigenvalue weighted by Gasteiger charge is 2.26. The minimum atomic E-state index is -3.98. The van der Waals surface area contributed by atoms with E-state index >= 15 is 0 Å². The number of nitrogens with zero attached hydrogens (tertiary/aromatic N) is 1. The van der Waals surface area contributed by atoms with Crippen molar-refractivity contribution in [3.63, 3.8) is 0 Å². The number of ether oxygens (including phenoxy) is 2. The lowest BCUT2D eigenvalue weighted by Gasteiger charge is -2.23. The Balaban J connectivity index is 1.76. The summed E-state index contributed by atoms with van der Waals surface area (Å²) in [5.41, 5.74) is 0.728. The molecule has 34 heavy (non-hydrogen) atoms. The van der Waals surface area contributed by atoms with Crippen LogP contribution in [0.3, 0.4) is 0 Å². The maximum absolute atomic E-state index is 13.2. The largest absolute Gasteiger partial charge is 0.495 e. The molecule has 0 radical (unpaired) electrons. The molecule has 10 heteroatoms. The molecule has 0 aromatic heterocycles. The van der Waals surface area contributed by atoms with Crippen molar-refractivity contribution >= 4 is 44.9 Å². The third-order valence-electron chi connectivity index (χ3n) is 4.79. The number of hydrogen-bond acceptors (Lipinski definition) is 6. The summed E-state index contributed by atoms with van der Waals surface area (Å²) < 4.78 is 37.9. The van der Waals surface area contributed by atoms with Crippen LogP contribution < -0.4 is 14.4 Å². The Bertz CT molecular complexity index is 1280. The number of hydrogen-bond donors (Lipinski definition) is 1. The average Bonchev–Trinajstić information content (AvgIpc) is 2.84. The maximum atomic E-state index is 13.2. The van der Waals surface area contributed by atoms with Crippen LogP contribution in [0, 0.1) is 0 Å². The van der Waals surface area contributed by atoms with E-state index in [-0.39, 0.29) is 22.0 Å². The summed E-state index contributed by atoms with van der Waals surface area (Å²) >= 11 is 6.13. The number of para-hydroxylation sites is 3. The first-order valence-electron chi connectivity index (χ1n) is 10.2. The number of sulfonamides is 1. The fourth-order valence-electron chi connectivity index (χ4n) is 3.18. The minimum absolute atomic E-state index is 0.00292. The van der Waals surface area contributed by atoms with E-state index < -0.39 is 28.5 Å². The van der Waals surface area contributed by atoms with E-state index in [9.17, 15) is 18.0 Å². The van der Waals surface area contributed by atoms with Gasteiger partial charge in [0.25, 0.3) is 15.9 Å². The first kappa shape index (κ1) is 25.1. The van der Waals surface area contributed by atoms with Crippen molar-refractivity contribution in [3.05, 3.63) is 83.4 Å². The molecule has 0 aliphatic carbocycles. The van der Waals surface area contributed by atoms with Gasteiger partial charge in [-0.1, -0.05) is 41.9 Å². The topological polar surface area (TPSA) is 102 Å². The predicted molar refractivity (Wildman–Crippen MR) is 130 cm³/mol. The van der Waals surface area contributed by atoms with Gasteiger partial charge in [-0.25, -0.2) is 13.2 Å². The Morgan fingerprint density at radius 2 is 1.68 bits per heavy atom. The smallest absolute Gasteiger partial charge is 0.340 e. The van der Waals surface area contributed by atoms with Crippen molar-refractivity contribution in [1.82, 2.24) is 0 Å². The molecule has 1 N–H and O–H groups in total. The van der Waals surface area contributed by atoms with E-state index in [0.29, 0.717) is 17.1 Å². The quantitative estimate of drug-likeness (QED) is 0.436. The zero-order valence-corrected chi connectivity index (χ0v) is 20.1. The van der Waals surface area contributed by atoms with Crippen molar-refractivity contribution < 1.29 is 27.5 Å². The summed E-state index contributed by atoms with van der Waals surface area (Å²) in [7, 11) is -2.52. The molecule has 0 spiro atoms. The summed E-state index contributed by atoms with van der Waals surface area (Å²) in [5, 5.41) is 2.58. The van der Waals surface area contributed by atoms with Gasteiger partial charge in [-0.05, 0) is 49.4 Å². The molecule has 0 saturated carbocycles. The van der Waals surface area contributed by atoms with Crippen LogP contribution in [0.1, 0.15) is 17.3 Å². The summed E-state index contributed by atoms with van der Waals surface area (Å²) in [6, 6.07) is 19.1. The zero-order valence-electron chi connectivity index (χ0n) is 18.5. The summed E-state index contributed by atoms with van der Waals surface area (Å²) in [6.45, 7) is 1.28. The monoisotopic (exact) mass is 502 g/mol. The fourth-order valence-corrected chi connectivity index (χ4v) is 4.87. The second kappa shape index (κ2) is 11.0. The lowest BCUT2D eigenvalue weighted by molar-refractivity contribution is -0.119. The number of rotatable bonds is 9. The van der Waals surface area contributed by atoms with E-state index in [1.165, 1.54) is 23.5 Å². The van der Waals surface area contributed by atoms with Gasteiger partial charge in [-0.2, -0.15) is 0 Å². The number of methoxy groups -OCH3 is 1. The molecule has 1 amide bonds. The summed E-state index contributed by atoms with van der Waals surface area (Å²) in [6.07, 6.45) is 0. The number of amides is 1. The maximum Gasteiger partial charge on any atom is 0.340 e. The molecule has 0 aliphatic rings. The van der Waals surface area contributed by atoms with Crippen LogP contribution in [0.2, 0.25) is 5.02 Å². The van der Waals surface area contributed by atoms with Crippen LogP contribution in [-0.2, 0) is 19.6 Å². The Kier molecular flexibility index (Phi) is 8.14. The van der Waals surface area contributed by atoms with Crippen molar-refractivity contribution in [1.29, 1.82) is 0 Å². The fraction of sp³-hybridized carbons (Fsp3) is 0.167. The van der Waals surface area contributed by atoms with Gasteiger partial charge in [-0.15, -0.1) is 0 Å². The van der Waals surface area contributed by atoms with Crippen molar-refractivity contribution in [3.8, 4) is 5.75 Å². The lowest BCUT2D eigenvalue weighted by atomic mass is 10.2. The molecule has 3 rings (SSSR count). The lowest BCUT2D eigenvalue weighted by Crippen LogP contribution is -2.31. The number of carbonyl (C=O) groups excluding carboxylic acids is 2. The van der Waals surface area contributed by atoms with Gasteiger partial charge in [0.05, 0.1) is 34.0 Å². The molecule has 0 unspecified atom stereocenters. The molecule has 0 saturated heterocycles. The van der Waals surface area contributed by atoms with E-state index in [4.69, 9.17) is 21.1 Å². The Hall–Kier alpha value is -3.56. The van der Waals surface area contributed by atoms with E-state index in [1.807, 2.05) is 0 Å². The summed E-state index contributed by atoms with van der Waals surface area (Å²) in [4.78, 5) is 24.7. The number of carbonyl (C=O) groups is 2. The van der Waals surface area contributed by atoms with Gasteiger partial charge in [0, 0.05) is 6.54 Å². The van der Waals surface area contributed by atoms with Crippen LogP contribution in [0.5, 0.6) is 5.75 Å². The van der Waals surface area contributed by atoms with Crippen molar-refractivity contribution in [2.75, 3.05) is 29.9 Å². The second-order valence-corrected chi connectivity index (χ2v) is 9.24. The van der Waals surface area contributed by atoms with Gasteiger partial charge < -0.3 is 14.8 Å². The van der Waals surface area contributed by atoms with Gasteiger partial charge in [0.1, 0.15) is 5.75 Å². The molecular weight excluding hydrogens is 480 g/mol. The highest BCUT2D eigenvalue weighted by atomic mass is 35.5. The second-order valence-electron chi connectivity index (χ2n) is 6.97. The Morgan fingerprint density at radius 1 is 1.00 bits per heavy atom. The number of nitrogens with one attached hydrogen (secondary N) is 1. The van der Waals surface area contributed by atoms with E-state index in [1.54, 1.807) is 61.5 Å². The Morgan fingerprint density at radius 3 is 2.35 bits per heavy atom. The molecular formula is C24H23ClN2O6S. The Labute approximate surface area is 203 Å². The predicted octanol–water partition coefficient (Wildman–Crippen LogP) is 4.36. The van der Waals surface area contributed by atoms with Crippen LogP contribution >= 0.6 is 11.6 Å². The number of halogens is 1. The standard InChI is InChI=1S/C24H23ClN2O6S/c1-3-27(17-9-5-4-6-10-17)34(30,31)18-13-14-20(25)19(15-18)24(29)33-16-23(28)26-21-11-7-8-12-22(21)32-2/h4-15H,3,16H2,1-2H3,(H,26,28).